The fourth-order valence-electron chi connectivity index (χ4n) is 3.67. The topological polar surface area (TPSA) is 51.2 Å². The van der Waals surface area contributed by atoms with Gasteiger partial charge in [-0.15, -0.1) is 0 Å². The van der Waals surface area contributed by atoms with E-state index in [0.717, 1.165) is 32.1 Å². The first-order valence-corrected chi connectivity index (χ1v) is 8.88. The summed E-state index contributed by atoms with van der Waals surface area (Å²) < 4.78 is 24.3. The number of rotatable bonds is 4. The molecule has 2 bridgehead atoms. The molecular formula is C14H24O3S. The fraction of sp³-hybridized carbons (Fsp3) is 0.929. The van der Waals surface area contributed by atoms with Crippen molar-refractivity contribution in [1.82, 2.24) is 0 Å². The van der Waals surface area contributed by atoms with E-state index >= 15 is 0 Å². The molecule has 0 aliphatic carbocycles. The van der Waals surface area contributed by atoms with E-state index in [1.54, 1.807) is 0 Å². The Morgan fingerprint density at radius 1 is 1.11 bits per heavy atom. The van der Waals surface area contributed by atoms with E-state index < -0.39 is 9.84 Å². The average molecular weight is 272 g/mol. The van der Waals surface area contributed by atoms with Crippen LogP contribution in [0.25, 0.3) is 0 Å². The van der Waals surface area contributed by atoms with E-state index in [1.165, 1.54) is 0 Å². The van der Waals surface area contributed by atoms with Gasteiger partial charge in [0.1, 0.15) is 5.78 Å². The maximum absolute atomic E-state index is 12.4. The molecule has 2 fully saturated rings. The van der Waals surface area contributed by atoms with E-state index in [9.17, 15) is 13.2 Å². The van der Waals surface area contributed by atoms with Crippen molar-refractivity contribution in [3.8, 4) is 0 Å². The van der Waals surface area contributed by atoms with Crippen molar-refractivity contribution >= 4 is 15.6 Å². The van der Waals surface area contributed by atoms with Crippen LogP contribution in [-0.4, -0.2) is 24.7 Å². The maximum atomic E-state index is 12.4. The van der Waals surface area contributed by atoms with Crippen molar-refractivity contribution in [2.24, 2.45) is 11.8 Å². The Bertz CT molecular complexity index is 389. The standard InChI is InChI=1S/C14H24O3S/c1-3-10(4-2)14(15)11-8-12-6-5-7-13(9-11)18(12,16)17/h10-13H,3-9H2,1-2H3. The summed E-state index contributed by atoms with van der Waals surface area (Å²) in [5, 5.41) is -0.457. The van der Waals surface area contributed by atoms with Gasteiger partial charge in [0.2, 0.25) is 0 Å². The molecule has 2 rings (SSSR count). The third-order valence-corrected chi connectivity index (χ3v) is 7.58. The molecule has 18 heavy (non-hydrogen) atoms. The zero-order valence-corrected chi connectivity index (χ0v) is 12.2. The van der Waals surface area contributed by atoms with Crippen molar-refractivity contribution < 1.29 is 13.2 Å². The van der Waals surface area contributed by atoms with Crippen molar-refractivity contribution in [3.63, 3.8) is 0 Å². The highest BCUT2D eigenvalue weighted by atomic mass is 32.2. The minimum atomic E-state index is -2.92. The highest BCUT2D eigenvalue weighted by molar-refractivity contribution is 7.92. The van der Waals surface area contributed by atoms with Crippen molar-refractivity contribution in [2.45, 2.75) is 69.3 Å². The molecule has 2 atom stereocenters. The molecule has 2 heterocycles. The summed E-state index contributed by atoms with van der Waals surface area (Å²) in [6, 6.07) is 0. The van der Waals surface area contributed by atoms with Crippen LogP contribution < -0.4 is 0 Å². The number of ketones is 1. The first-order chi connectivity index (χ1) is 8.50. The fourth-order valence-corrected chi connectivity index (χ4v) is 6.20. The Morgan fingerprint density at radius 3 is 2.06 bits per heavy atom. The molecule has 0 aromatic heterocycles. The Hall–Kier alpha value is -0.380. The lowest BCUT2D eigenvalue weighted by atomic mass is 9.81. The Labute approximate surface area is 110 Å². The van der Waals surface area contributed by atoms with Gasteiger partial charge in [-0.05, 0) is 38.5 Å². The first kappa shape index (κ1) is 14.0. The van der Waals surface area contributed by atoms with Crippen LogP contribution in [0.5, 0.6) is 0 Å². The van der Waals surface area contributed by atoms with Gasteiger partial charge in [-0.1, -0.05) is 20.3 Å². The molecule has 0 amide bonds. The monoisotopic (exact) mass is 272 g/mol. The first-order valence-electron chi connectivity index (χ1n) is 7.27. The van der Waals surface area contributed by atoms with E-state index in [2.05, 4.69) is 0 Å². The summed E-state index contributed by atoms with van der Waals surface area (Å²) >= 11 is 0. The second-order valence-electron chi connectivity index (χ2n) is 5.85. The van der Waals surface area contributed by atoms with Gasteiger partial charge in [0, 0.05) is 11.8 Å². The van der Waals surface area contributed by atoms with Crippen molar-refractivity contribution in [3.05, 3.63) is 0 Å². The Kier molecular flexibility index (Phi) is 4.15. The molecular weight excluding hydrogens is 248 g/mol. The molecule has 0 aromatic carbocycles. The summed E-state index contributed by atoms with van der Waals surface area (Å²) in [5.74, 6) is 0.469. The van der Waals surface area contributed by atoms with Gasteiger partial charge in [0.15, 0.2) is 9.84 Å². The van der Waals surface area contributed by atoms with Gasteiger partial charge in [0.05, 0.1) is 10.5 Å². The van der Waals surface area contributed by atoms with Crippen LogP contribution in [0.3, 0.4) is 0 Å². The molecule has 3 nitrogen and oxygen atoms in total. The highest BCUT2D eigenvalue weighted by Crippen LogP contribution is 2.40. The summed E-state index contributed by atoms with van der Waals surface area (Å²) in [4.78, 5) is 12.4. The number of carbonyl (C=O) groups excluding carboxylic acids is 1. The summed E-state index contributed by atoms with van der Waals surface area (Å²) in [6.07, 6.45) is 5.50. The highest BCUT2D eigenvalue weighted by Gasteiger charge is 2.46. The van der Waals surface area contributed by atoms with Gasteiger partial charge < -0.3 is 0 Å². The van der Waals surface area contributed by atoms with Gasteiger partial charge in [-0.3, -0.25) is 4.79 Å². The SMILES string of the molecule is CCC(CC)C(=O)C1CC2CCCC(C1)S2(=O)=O. The molecule has 0 aromatic rings. The smallest absolute Gasteiger partial charge is 0.156 e. The summed E-state index contributed by atoms with van der Waals surface area (Å²) in [7, 11) is -2.92. The predicted octanol–water partition coefficient (Wildman–Crippen LogP) is 2.74. The lowest BCUT2D eigenvalue weighted by Crippen LogP contribution is -2.46. The van der Waals surface area contributed by atoms with Crippen molar-refractivity contribution in [2.75, 3.05) is 0 Å². The maximum Gasteiger partial charge on any atom is 0.156 e. The lowest BCUT2D eigenvalue weighted by Gasteiger charge is -2.38. The van der Waals surface area contributed by atoms with Gasteiger partial charge in [-0.2, -0.15) is 0 Å². The Balaban J connectivity index is 2.13. The van der Waals surface area contributed by atoms with Gasteiger partial charge in [0.25, 0.3) is 0 Å². The quantitative estimate of drug-likeness (QED) is 0.790. The normalized spacial score (nSPS) is 34.5. The molecule has 2 aliphatic heterocycles. The van der Waals surface area contributed by atoms with E-state index in [4.69, 9.17) is 0 Å². The van der Waals surface area contributed by atoms with Crippen LogP contribution in [0.4, 0.5) is 0 Å². The Morgan fingerprint density at radius 2 is 1.61 bits per heavy atom. The second kappa shape index (κ2) is 5.32. The van der Waals surface area contributed by atoms with E-state index in [0.29, 0.717) is 18.6 Å². The molecule has 0 spiro atoms. The zero-order valence-electron chi connectivity index (χ0n) is 11.4. The molecule has 104 valence electrons. The largest absolute Gasteiger partial charge is 0.299 e. The van der Waals surface area contributed by atoms with Crippen LogP contribution in [0.2, 0.25) is 0 Å². The molecule has 2 unspecified atom stereocenters. The number of Topliss-reactive ketones (excluding diaryl/α,β-unsaturated/α-hetero) is 1. The minimum absolute atomic E-state index is 0.00808. The number of hydrogen-bond donors (Lipinski definition) is 0. The molecule has 0 N–H and O–H groups in total. The van der Waals surface area contributed by atoms with E-state index in [1.807, 2.05) is 13.8 Å². The van der Waals surface area contributed by atoms with Crippen LogP contribution in [0.15, 0.2) is 0 Å². The summed E-state index contributed by atoms with van der Waals surface area (Å²) in [5.41, 5.74) is 0. The number of carbonyl (C=O) groups is 1. The van der Waals surface area contributed by atoms with Crippen LogP contribution in [0.1, 0.15) is 58.8 Å². The molecule has 0 radical (unpaired) electrons. The number of sulfone groups is 1. The van der Waals surface area contributed by atoms with Crippen LogP contribution >= 0.6 is 0 Å². The second-order valence-corrected chi connectivity index (χ2v) is 8.36. The molecule has 4 heteroatoms. The number of fused-ring (bicyclic) bond motifs is 2. The molecule has 2 aliphatic rings. The molecule has 0 saturated carbocycles. The third kappa shape index (κ3) is 2.36. The average Bonchev–Trinajstić information content (AvgIpc) is 2.28. The minimum Gasteiger partial charge on any atom is -0.299 e. The van der Waals surface area contributed by atoms with Crippen LogP contribution in [0, 0.1) is 11.8 Å². The van der Waals surface area contributed by atoms with Gasteiger partial charge >= 0.3 is 0 Å². The van der Waals surface area contributed by atoms with E-state index in [-0.39, 0.29) is 22.3 Å². The van der Waals surface area contributed by atoms with Crippen LogP contribution in [-0.2, 0) is 14.6 Å². The summed E-state index contributed by atoms with van der Waals surface area (Å²) in [6.45, 7) is 4.10. The number of hydrogen-bond acceptors (Lipinski definition) is 3. The lowest BCUT2D eigenvalue weighted by molar-refractivity contribution is -0.127. The van der Waals surface area contributed by atoms with Gasteiger partial charge in [-0.25, -0.2) is 8.42 Å². The predicted molar refractivity (Wildman–Crippen MR) is 72.1 cm³/mol. The molecule has 2 saturated heterocycles. The van der Waals surface area contributed by atoms with Crippen molar-refractivity contribution in [1.29, 1.82) is 0 Å². The third-order valence-electron chi connectivity index (χ3n) is 4.87. The zero-order chi connectivity index (χ0) is 13.3.